The van der Waals surface area contributed by atoms with Crippen LogP contribution in [-0.2, 0) is 16.1 Å². The fourth-order valence-corrected chi connectivity index (χ4v) is 2.14. The van der Waals surface area contributed by atoms with Crippen molar-refractivity contribution in [2.75, 3.05) is 13.2 Å². The van der Waals surface area contributed by atoms with Crippen LogP contribution in [0.15, 0.2) is 48.5 Å². The highest BCUT2D eigenvalue weighted by Crippen LogP contribution is 2.18. The van der Waals surface area contributed by atoms with E-state index in [0.29, 0.717) is 17.9 Å². The molecule has 0 fully saturated rings. The topological polar surface area (TPSA) is 108 Å². The van der Waals surface area contributed by atoms with Crippen LogP contribution in [0.1, 0.15) is 22.8 Å². The number of nitrogens with zero attached hydrogens (tertiary/aromatic N) is 1. The van der Waals surface area contributed by atoms with Crippen LogP contribution >= 0.6 is 0 Å². The van der Waals surface area contributed by atoms with E-state index in [1.54, 1.807) is 18.2 Å². The number of rotatable bonds is 8. The summed E-state index contributed by atoms with van der Waals surface area (Å²) in [5.74, 6) is -0.598. The predicted octanol–water partition coefficient (Wildman–Crippen LogP) is 2.47. The second-order valence-electron chi connectivity index (χ2n) is 5.19. The zero-order valence-electron chi connectivity index (χ0n) is 14.1. The number of nitrogens with one attached hydrogen (secondary N) is 1. The first-order valence-electron chi connectivity index (χ1n) is 7.90. The number of ether oxygens (including phenoxy) is 2. The van der Waals surface area contributed by atoms with Gasteiger partial charge in [-0.2, -0.15) is 0 Å². The Morgan fingerprint density at radius 3 is 2.65 bits per heavy atom. The molecule has 2 aromatic carbocycles. The fraction of sp³-hybridized carbons (Fsp3) is 0.222. The number of para-hydroxylation sites is 1. The van der Waals surface area contributed by atoms with Gasteiger partial charge in [0.15, 0.2) is 0 Å². The molecule has 0 atom stereocenters. The van der Waals surface area contributed by atoms with E-state index in [2.05, 4.69) is 5.32 Å². The summed E-state index contributed by atoms with van der Waals surface area (Å²) in [5.41, 5.74) is 0.606. The van der Waals surface area contributed by atoms with E-state index >= 15 is 0 Å². The Balaban J connectivity index is 1.86. The van der Waals surface area contributed by atoms with Gasteiger partial charge in [-0.3, -0.25) is 19.7 Å². The van der Waals surface area contributed by atoms with Crippen molar-refractivity contribution in [3.05, 3.63) is 69.8 Å². The molecular weight excluding hydrogens is 340 g/mol. The summed E-state index contributed by atoms with van der Waals surface area (Å²) in [5, 5.41) is 13.1. The summed E-state index contributed by atoms with van der Waals surface area (Å²) in [6.45, 7) is 2.01. The minimum atomic E-state index is -0.630. The summed E-state index contributed by atoms with van der Waals surface area (Å²) in [7, 11) is 0. The Bertz CT molecular complexity index is 806. The first kappa shape index (κ1) is 18.9. The van der Waals surface area contributed by atoms with Gasteiger partial charge in [0.2, 0.25) is 0 Å². The smallest absolute Gasteiger partial charge is 0.325 e. The van der Waals surface area contributed by atoms with Crippen LogP contribution in [0.2, 0.25) is 0 Å². The first-order valence-corrected chi connectivity index (χ1v) is 7.90. The van der Waals surface area contributed by atoms with Crippen molar-refractivity contribution >= 4 is 17.6 Å². The number of esters is 1. The van der Waals surface area contributed by atoms with Crippen molar-refractivity contribution < 1.29 is 24.0 Å². The van der Waals surface area contributed by atoms with Crippen molar-refractivity contribution in [2.24, 2.45) is 0 Å². The number of amides is 1. The normalized spacial score (nSPS) is 10.0. The molecule has 0 bridgehead atoms. The molecule has 0 saturated carbocycles. The lowest BCUT2D eigenvalue weighted by atomic mass is 10.2. The zero-order valence-corrected chi connectivity index (χ0v) is 14.1. The molecular formula is C18H18N2O6. The third-order valence-electron chi connectivity index (χ3n) is 3.37. The average molecular weight is 358 g/mol. The molecule has 2 aromatic rings. The van der Waals surface area contributed by atoms with E-state index in [-0.39, 0.29) is 24.4 Å². The molecule has 0 spiro atoms. The van der Waals surface area contributed by atoms with Gasteiger partial charge in [0.05, 0.1) is 11.5 Å². The van der Waals surface area contributed by atoms with Gasteiger partial charge in [0, 0.05) is 23.3 Å². The third kappa shape index (κ3) is 5.30. The maximum atomic E-state index is 12.0. The lowest BCUT2D eigenvalue weighted by Gasteiger charge is -2.11. The molecule has 0 aliphatic heterocycles. The van der Waals surface area contributed by atoms with Crippen LogP contribution in [0.4, 0.5) is 5.69 Å². The second-order valence-corrected chi connectivity index (χ2v) is 5.19. The van der Waals surface area contributed by atoms with Gasteiger partial charge in [-0.15, -0.1) is 0 Å². The van der Waals surface area contributed by atoms with Crippen LogP contribution in [0.5, 0.6) is 5.75 Å². The molecule has 0 aromatic heterocycles. The molecule has 0 aliphatic carbocycles. The second kappa shape index (κ2) is 9.16. The third-order valence-corrected chi connectivity index (χ3v) is 3.37. The van der Waals surface area contributed by atoms with Crippen LogP contribution in [0.25, 0.3) is 0 Å². The van der Waals surface area contributed by atoms with Gasteiger partial charge >= 0.3 is 5.97 Å². The minimum Gasteiger partial charge on any atom is -0.493 e. The SMILES string of the molecule is CCOc1ccccc1COC(=O)CNC(=O)c1cccc([N+](=O)[O-])c1. The number of carbonyl (C=O) groups excluding carboxylic acids is 2. The van der Waals surface area contributed by atoms with E-state index in [0.717, 1.165) is 6.07 Å². The highest BCUT2D eigenvalue weighted by Gasteiger charge is 2.13. The van der Waals surface area contributed by atoms with Crippen molar-refractivity contribution in [3.8, 4) is 5.75 Å². The number of nitro groups is 1. The van der Waals surface area contributed by atoms with Gasteiger partial charge in [-0.05, 0) is 19.1 Å². The van der Waals surface area contributed by atoms with Gasteiger partial charge in [-0.25, -0.2) is 0 Å². The van der Waals surface area contributed by atoms with E-state index in [4.69, 9.17) is 9.47 Å². The Morgan fingerprint density at radius 1 is 1.15 bits per heavy atom. The maximum absolute atomic E-state index is 12.0. The van der Waals surface area contributed by atoms with Crippen molar-refractivity contribution in [3.63, 3.8) is 0 Å². The number of non-ortho nitro benzene ring substituents is 1. The lowest BCUT2D eigenvalue weighted by Crippen LogP contribution is -2.30. The van der Waals surface area contributed by atoms with Gasteiger partial charge in [0.25, 0.3) is 11.6 Å². The highest BCUT2D eigenvalue weighted by atomic mass is 16.6. The Labute approximate surface area is 149 Å². The summed E-state index contributed by atoms with van der Waals surface area (Å²) < 4.78 is 10.6. The molecule has 0 heterocycles. The van der Waals surface area contributed by atoms with Crippen molar-refractivity contribution in [2.45, 2.75) is 13.5 Å². The molecule has 0 radical (unpaired) electrons. The molecule has 26 heavy (non-hydrogen) atoms. The molecule has 1 N–H and O–H groups in total. The standard InChI is InChI=1S/C18H18N2O6/c1-2-25-16-9-4-3-6-14(16)12-26-17(21)11-19-18(22)13-7-5-8-15(10-13)20(23)24/h3-10H,2,11-12H2,1H3,(H,19,22). The number of hydrogen-bond donors (Lipinski definition) is 1. The molecule has 2 rings (SSSR count). The molecule has 0 aliphatic rings. The fourth-order valence-electron chi connectivity index (χ4n) is 2.14. The highest BCUT2D eigenvalue weighted by molar-refractivity contribution is 5.96. The molecule has 136 valence electrons. The molecule has 1 amide bonds. The Hall–Kier alpha value is -3.42. The minimum absolute atomic E-state index is 0.0156. The Kier molecular flexibility index (Phi) is 6.67. The van der Waals surface area contributed by atoms with Gasteiger partial charge < -0.3 is 14.8 Å². The average Bonchev–Trinajstić information content (AvgIpc) is 2.65. The van der Waals surface area contributed by atoms with Crippen LogP contribution in [0.3, 0.4) is 0 Å². The summed E-state index contributed by atoms with van der Waals surface area (Å²) in [4.78, 5) is 33.9. The van der Waals surface area contributed by atoms with Gasteiger partial charge in [-0.1, -0.05) is 24.3 Å². The molecule has 0 saturated heterocycles. The monoisotopic (exact) mass is 358 g/mol. The van der Waals surface area contributed by atoms with Crippen LogP contribution < -0.4 is 10.1 Å². The zero-order chi connectivity index (χ0) is 18.9. The predicted molar refractivity (Wildman–Crippen MR) is 92.8 cm³/mol. The van der Waals surface area contributed by atoms with E-state index < -0.39 is 16.8 Å². The number of hydrogen-bond acceptors (Lipinski definition) is 6. The summed E-state index contributed by atoms with van der Waals surface area (Å²) in [6.07, 6.45) is 0. The van der Waals surface area contributed by atoms with Gasteiger partial charge in [0.1, 0.15) is 18.9 Å². The summed E-state index contributed by atoms with van der Waals surface area (Å²) in [6, 6.07) is 12.4. The lowest BCUT2D eigenvalue weighted by molar-refractivity contribution is -0.384. The first-order chi connectivity index (χ1) is 12.5. The van der Waals surface area contributed by atoms with Crippen molar-refractivity contribution in [1.29, 1.82) is 0 Å². The van der Waals surface area contributed by atoms with Crippen molar-refractivity contribution in [1.82, 2.24) is 5.32 Å². The largest absolute Gasteiger partial charge is 0.493 e. The maximum Gasteiger partial charge on any atom is 0.325 e. The quantitative estimate of drug-likeness (QED) is 0.441. The molecule has 8 nitrogen and oxygen atoms in total. The summed E-state index contributed by atoms with van der Waals surface area (Å²) >= 11 is 0. The van der Waals surface area contributed by atoms with E-state index in [1.807, 2.05) is 13.0 Å². The van der Waals surface area contributed by atoms with Crippen LogP contribution in [-0.4, -0.2) is 30.0 Å². The number of carbonyl (C=O) groups is 2. The molecule has 8 heteroatoms. The van der Waals surface area contributed by atoms with E-state index in [1.165, 1.54) is 18.2 Å². The molecule has 0 unspecified atom stereocenters. The van der Waals surface area contributed by atoms with Crippen LogP contribution in [0, 0.1) is 10.1 Å². The van der Waals surface area contributed by atoms with E-state index in [9.17, 15) is 19.7 Å². The number of nitro benzene ring substituents is 1. The Morgan fingerprint density at radius 2 is 1.92 bits per heavy atom. The number of benzene rings is 2.